The second-order valence-corrected chi connectivity index (χ2v) is 6.06. The van der Waals surface area contributed by atoms with Gasteiger partial charge in [0, 0.05) is 24.2 Å². The molecule has 3 N–H and O–H groups in total. The Balaban J connectivity index is 2.00. The minimum Gasteiger partial charge on any atom is -0.491 e. The Bertz CT molecular complexity index is 401. The number of rotatable bonds is 6. The third-order valence-electron chi connectivity index (χ3n) is 3.79. The maximum Gasteiger partial charge on any atom is 0.137 e. The molecule has 0 aromatic carbocycles. The number of pyridine rings is 1. The van der Waals surface area contributed by atoms with Crippen molar-refractivity contribution in [1.82, 2.24) is 10.3 Å². The summed E-state index contributed by atoms with van der Waals surface area (Å²) in [6, 6.07) is 4.05. The fourth-order valence-electron chi connectivity index (χ4n) is 2.65. The van der Waals surface area contributed by atoms with E-state index in [1.807, 2.05) is 12.1 Å². The average Bonchev–Trinajstić information content (AvgIpc) is 2.72. The zero-order valence-corrected chi connectivity index (χ0v) is 12.1. The number of nitrogens with zero attached hydrogens (tertiary/aromatic N) is 1. The molecule has 0 saturated heterocycles. The molecule has 0 radical (unpaired) electrons. The van der Waals surface area contributed by atoms with Crippen molar-refractivity contribution in [3.05, 3.63) is 24.5 Å². The number of aliphatic hydroxyl groups is 2. The molecule has 3 atom stereocenters. The first kappa shape index (κ1) is 15.2. The second-order valence-electron chi connectivity index (χ2n) is 6.06. The molecule has 1 aliphatic carbocycles. The van der Waals surface area contributed by atoms with E-state index >= 15 is 0 Å². The fourth-order valence-corrected chi connectivity index (χ4v) is 2.65. The van der Waals surface area contributed by atoms with Gasteiger partial charge >= 0.3 is 0 Å². The molecule has 0 aliphatic heterocycles. The van der Waals surface area contributed by atoms with Crippen LogP contribution in [0, 0.1) is 5.41 Å². The van der Waals surface area contributed by atoms with Crippen molar-refractivity contribution in [2.45, 2.75) is 44.9 Å². The van der Waals surface area contributed by atoms with E-state index in [9.17, 15) is 10.2 Å². The summed E-state index contributed by atoms with van der Waals surface area (Å²) < 4.78 is 5.80. The van der Waals surface area contributed by atoms with Crippen LogP contribution in [-0.4, -0.2) is 46.6 Å². The summed E-state index contributed by atoms with van der Waals surface area (Å²) in [7, 11) is 0. The average molecular weight is 280 g/mol. The molecule has 5 heteroatoms. The lowest BCUT2D eigenvalue weighted by Crippen LogP contribution is -2.40. The highest BCUT2D eigenvalue weighted by Gasteiger charge is 2.44. The van der Waals surface area contributed by atoms with E-state index in [1.54, 1.807) is 12.4 Å². The monoisotopic (exact) mass is 280 g/mol. The molecule has 1 aliphatic rings. The molecule has 5 nitrogen and oxygen atoms in total. The van der Waals surface area contributed by atoms with Crippen molar-refractivity contribution >= 4 is 0 Å². The zero-order chi connectivity index (χ0) is 14.6. The molecule has 0 amide bonds. The molecular weight excluding hydrogens is 256 g/mol. The first-order chi connectivity index (χ1) is 9.51. The first-order valence-corrected chi connectivity index (χ1v) is 7.13. The van der Waals surface area contributed by atoms with Gasteiger partial charge in [0.1, 0.15) is 5.75 Å². The van der Waals surface area contributed by atoms with Crippen LogP contribution in [-0.2, 0) is 0 Å². The fraction of sp³-hybridized carbons (Fsp3) is 0.667. The predicted molar refractivity (Wildman–Crippen MR) is 76.6 cm³/mol. The summed E-state index contributed by atoms with van der Waals surface area (Å²) in [5, 5.41) is 23.1. The molecule has 1 saturated carbocycles. The molecule has 20 heavy (non-hydrogen) atoms. The van der Waals surface area contributed by atoms with Crippen molar-refractivity contribution in [3.8, 4) is 5.75 Å². The van der Waals surface area contributed by atoms with Crippen LogP contribution in [0.5, 0.6) is 5.75 Å². The number of nitrogens with one attached hydrogen (secondary N) is 1. The summed E-state index contributed by atoms with van der Waals surface area (Å²) in [5.74, 6) is 0.715. The normalized spacial score (nSPS) is 29.9. The second kappa shape index (κ2) is 6.52. The van der Waals surface area contributed by atoms with E-state index < -0.39 is 12.2 Å². The van der Waals surface area contributed by atoms with Gasteiger partial charge in [0.05, 0.1) is 25.0 Å². The van der Waals surface area contributed by atoms with Crippen molar-refractivity contribution in [1.29, 1.82) is 0 Å². The molecule has 0 bridgehead atoms. The summed E-state index contributed by atoms with van der Waals surface area (Å²) in [4.78, 5) is 4.02. The van der Waals surface area contributed by atoms with Gasteiger partial charge in [-0.3, -0.25) is 4.98 Å². The Labute approximate surface area is 120 Å². The van der Waals surface area contributed by atoms with Crippen LogP contribution >= 0.6 is 0 Å². The van der Waals surface area contributed by atoms with Crippen LogP contribution in [0.1, 0.15) is 26.7 Å². The lowest BCUT2D eigenvalue weighted by Gasteiger charge is -2.30. The van der Waals surface area contributed by atoms with Crippen LogP contribution < -0.4 is 10.1 Å². The van der Waals surface area contributed by atoms with Gasteiger partial charge < -0.3 is 20.3 Å². The SMILES string of the molecule is CC(C)NCC1(COc2cccnc2)C[C@@H](O)[C@@H](O)C1. The molecule has 1 heterocycles. The van der Waals surface area contributed by atoms with Gasteiger partial charge in [-0.15, -0.1) is 0 Å². The lowest BCUT2D eigenvalue weighted by molar-refractivity contribution is 0.0438. The Morgan fingerprint density at radius 2 is 2.10 bits per heavy atom. The maximum atomic E-state index is 9.85. The Hall–Kier alpha value is -1.17. The number of aromatic nitrogens is 1. The quantitative estimate of drug-likeness (QED) is 0.724. The summed E-state index contributed by atoms with van der Waals surface area (Å²) in [6.45, 7) is 5.35. The largest absolute Gasteiger partial charge is 0.491 e. The highest BCUT2D eigenvalue weighted by atomic mass is 16.5. The smallest absolute Gasteiger partial charge is 0.137 e. The standard InChI is InChI=1S/C15H24N2O3/c1-11(2)17-9-15(6-13(18)14(19)7-15)10-20-12-4-3-5-16-8-12/h3-5,8,11,13-14,17-19H,6-7,9-10H2,1-2H3/t13-,14+,15?. The van der Waals surface area contributed by atoms with E-state index in [0.29, 0.717) is 31.2 Å². The van der Waals surface area contributed by atoms with Gasteiger partial charge in [-0.05, 0) is 25.0 Å². The van der Waals surface area contributed by atoms with Crippen molar-refractivity contribution in [3.63, 3.8) is 0 Å². The summed E-state index contributed by atoms with van der Waals surface area (Å²) in [6.07, 6.45) is 3.14. The molecule has 1 aromatic rings. The molecule has 1 unspecified atom stereocenters. The Kier molecular flexibility index (Phi) is 4.96. The predicted octanol–water partition coefficient (Wildman–Crippen LogP) is 0.960. The van der Waals surface area contributed by atoms with E-state index in [4.69, 9.17) is 4.74 Å². The number of hydrogen-bond acceptors (Lipinski definition) is 5. The van der Waals surface area contributed by atoms with Crippen LogP contribution in [0.15, 0.2) is 24.5 Å². The molecule has 112 valence electrons. The minimum atomic E-state index is -0.665. The Morgan fingerprint density at radius 3 is 2.65 bits per heavy atom. The van der Waals surface area contributed by atoms with Gasteiger partial charge in [-0.25, -0.2) is 0 Å². The summed E-state index contributed by atoms with van der Waals surface area (Å²) in [5.41, 5.74) is -0.237. The lowest BCUT2D eigenvalue weighted by atomic mass is 9.86. The zero-order valence-electron chi connectivity index (χ0n) is 12.1. The topological polar surface area (TPSA) is 74.6 Å². The summed E-state index contributed by atoms with van der Waals surface area (Å²) >= 11 is 0. The molecular formula is C15H24N2O3. The Morgan fingerprint density at radius 1 is 1.40 bits per heavy atom. The number of ether oxygens (including phenoxy) is 1. The van der Waals surface area contributed by atoms with E-state index in [-0.39, 0.29) is 5.41 Å². The maximum absolute atomic E-state index is 9.85. The molecule has 1 fully saturated rings. The highest BCUT2D eigenvalue weighted by Crippen LogP contribution is 2.38. The molecule has 2 rings (SSSR count). The van der Waals surface area contributed by atoms with Crippen molar-refractivity contribution in [2.75, 3.05) is 13.2 Å². The first-order valence-electron chi connectivity index (χ1n) is 7.13. The van der Waals surface area contributed by atoms with Crippen LogP contribution in [0.2, 0.25) is 0 Å². The molecule has 0 spiro atoms. The van der Waals surface area contributed by atoms with Gasteiger partial charge in [-0.2, -0.15) is 0 Å². The van der Waals surface area contributed by atoms with Crippen molar-refractivity contribution < 1.29 is 14.9 Å². The van der Waals surface area contributed by atoms with Crippen LogP contribution in [0.3, 0.4) is 0 Å². The van der Waals surface area contributed by atoms with Gasteiger partial charge in [0.2, 0.25) is 0 Å². The third kappa shape index (κ3) is 3.91. The van der Waals surface area contributed by atoms with Crippen LogP contribution in [0.4, 0.5) is 0 Å². The highest BCUT2D eigenvalue weighted by molar-refractivity contribution is 5.15. The number of aliphatic hydroxyl groups excluding tert-OH is 2. The minimum absolute atomic E-state index is 0.237. The number of hydrogen-bond donors (Lipinski definition) is 3. The van der Waals surface area contributed by atoms with Gasteiger partial charge in [0.25, 0.3) is 0 Å². The van der Waals surface area contributed by atoms with Gasteiger partial charge in [0.15, 0.2) is 0 Å². The van der Waals surface area contributed by atoms with Gasteiger partial charge in [-0.1, -0.05) is 13.8 Å². The van der Waals surface area contributed by atoms with E-state index in [0.717, 1.165) is 6.54 Å². The van der Waals surface area contributed by atoms with E-state index in [2.05, 4.69) is 24.1 Å². The van der Waals surface area contributed by atoms with Crippen molar-refractivity contribution in [2.24, 2.45) is 5.41 Å². The molecule has 1 aromatic heterocycles. The third-order valence-corrected chi connectivity index (χ3v) is 3.79. The van der Waals surface area contributed by atoms with E-state index in [1.165, 1.54) is 0 Å². The van der Waals surface area contributed by atoms with Crippen LogP contribution in [0.25, 0.3) is 0 Å².